The van der Waals surface area contributed by atoms with E-state index in [-0.39, 0.29) is 18.3 Å². The highest BCUT2D eigenvalue weighted by atomic mass is 35.5. The highest BCUT2D eigenvalue weighted by Gasteiger charge is 2.28. The summed E-state index contributed by atoms with van der Waals surface area (Å²) < 4.78 is 2.18. The molecule has 1 aliphatic rings. The Hall–Kier alpha value is -1.78. The number of halogens is 1. The van der Waals surface area contributed by atoms with Gasteiger partial charge in [0.2, 0.25) is 0 Å². The molecule has 1 atom stereocenters. The van der Waals surface area contributed by atoms with Gasteiger partial charge in [-0.1, -0.05) is 18.2 Å². The molecule has 2 aromatic rings. The number of nitrogens with two attached hydrogens (primary N) is 1. The van der Waals surface area contributed by atoms with E-state index in [0.717, 1.165) is 42.1 Å². The van der Waals surface area contributed by atoms with Gasteiger partial charge >= 0.3 is 0 Å². The van der Waals surface area contributed by atoms with Crippen molar-refractivity contribution in [2.24, 2.45) is 11.7 Å². The third kappa shape index (κ3) is 3.21. The van der Waals surface area contributed by atoms with Gasteiger partial charge in [0.25, 0.3) is 5.91 Å². The smallest absolute Gasteiger partial charge is 0.255 e. The number of hydrogen-bond donors (Lipinski definition) is 1. The first-order chi connectivity index (χ1) is 11.0. The number of para-hydroxylation sites is 1. The molecule has 4 nitrogen and oxygen atoms in total. The minimum Gasteiger partial charge on any atom is -0.338 e. The van der Waals surface area contributed by atoms with Crippen molar-refractivity contribution in [3.8, 4) is 5.69 Å². The van der Waals surface area contributed by atoms with Crippen molar-refractivity contribution in [2.45, 2.75) is 27.2 Å². The van der Waals surface area contributed by atoms with Gasteiger partial charge in [-0.2, -0.15) is 0 Å². The first-order valence-corrected chi connectivity index (χ1v) is 8.27. The molecule has 1 saturated heterocycles. The van der Waals surface area contributed by atoms with Crippen LogP contribution in [0.4, 0.5) is 0 Å². The molecule has 3 rings (SSSR count). The third-order valence-corrected chi connectivity index (χ3v) is 4.92. The Morgan fingerprint density at radius 3 is 2.58 bits per heavy atom. The molecule has 0 bridgehead atoms. The average molecular weight is 348 g/mol. The van der Waals surface area contributed by atoms with Gasteiger partial charge < -0.3 is 15.2 Å². The summed E-state index contributed by atoms with van der Waals surface area (Å²) in [5, 5.41) is 0. The largest absolute Gasteiger partial charge is 0.338 e. The lowest BCUT2D eigenvalue weighted by Gasteiger charge is -2.17. The van der Waals surface area contributed by atoms with Crippen LogP contribution in [0.25, 0.3) is 5.69 Å². The standard InChI is InChI=1S/C19H25N3O.ClH/c1-13-6-4-5-7-18(13)22-14(2)10-17(15(22)3)19(23)21-9-8-16(11-20)12-21;/h4-7,10,16H,8-9,11-12,20H2,1-3H3;1H. The second-order valence-electron chi connectivity index (χ2n) is 6.55. The fourth-order valence-corrected chi connectivity index (χ4v) is 3.54. The lowest BCUT2D eigenvalue weighted by molar-refractivity contribution is 0.0787. The molecule has 1 aromatic heterocycles. The molecule has 24 heavy (non-hydrogen) atoms. The Labute approximate surface area is 150 Å². The minimum absolute atomic E-state index is 0. The topological polar surface area (TPSA) is 51.3 Å². The van der Waals surface area contributed by atoms with Crippen molar-refractivity contribution in [3.63, 3.8) is 0 Å². The van der Waals surface area contributed by atoms with Gasteiger partial charge in [-0.05, 0) is 57.4 Å². The van der Waals surface area contributed by atoms with Gasteiger partial charge in [0.05, 0.1) is 5.56 Å². The van der Waals surface area contributed by atoms with Crippen molar-refractivity contribution in [3.05, 3.63) is 52.8 Å². The lowest BCUT2D eigenvalue weighted by atomic mass is 10.1. The second-order valence-corrected chi connectivity index (χ2v) is 6.55. The Bertz CT molecular complexity index is 738. The van der Waals surface area contributed by atoms with E-state index in [4.69, 9.17) is 5.73 Å². The molecule has 5 heteroatoms. The first kappa shape index (κ1) is 18.6. The Balaban J connectivity index is 0.00000208. The number of carbonyl (C=O) groups is 1. The van der Waals surface area contributed by atoms with Gasteiger partial charge in [-0.3, -0.25) is 4.79 Å². The molecular weight excluding hydrogens is 322 g/mol. The van der Waals surface area contributed by atoms with Gasteiger partial charge in [0, 0.05) is 30.2 Å². The van der Waals surface area contributed by atoms with Crippen LogP contribution in [0.3, 0.4) is 0 Å². The number of amides is 1. The Morgan fingerprint density at radius 2 is 1.96 bits per heavy atom. The van der Waals surface area contributed by atoms with Crippen molar-refractivity contribution in [1.29, 1.82) is 0 Å². The Kier molecular flexibility index (Phi) is 5.73. The predicted molar refractivity (Wildman–Crippen MR) is 100 cm³/mol. The van der Waals surface area contributed by atoms with Crippen LogP contribution in [0.2, 0.25) is 0 Å². The quantitative estimate of drug-likeness (QED) is 0.926. The van der Waals surface area contributed by atoms with Gasteiger partial charge in [0.15, 0.2) is 0 Å². The number of likely N-dealkylation sites (tertiary alicyclic amines) is 1. The van der Waals surface area contributed by atoms with Crippen molar-refractivity contribution >= 4 is 18.3 Å². The summed E-state index contributed by atoms with van der Waals surface area (Å²) >= 11 is 0. The van der Waals surface area contributed by atoms with Crippen molar-refractivity contribution in [2.75, 3.05) is 19.6 Å². The highest BCUT2D eigenvalue weighted by molar-refractivity contribution is 5.96. The van der Waals surface area contributed by atoms with Crippen LogP contribution in [0.1, 0.15) is 33.7 Å². The molecule has 1 amide bonds. The summed E-state index contributed by atoms with van der Waals surface area (Å²) in [6.45, 7) is 8.44. The fourth-order valence-electron chi connectivity index (χ4n) is 3.54. The SMILES string of the molecule is Cc1ccccc1-n1c(C)cc(C(=O)N2CCC(CN)C2)c1C.Cl. The molecule has 2 heterocycles. The number of aryl methyl sites for hydroxylation is 2. The maximum Gasteiger partial charge on any atom is 0.255 e. The number of rotatable bonds is 3. The zero-order valence-electron chi connectivity index (χ0n) is 14.6. The Morgan fingerprint density at radius 1 is 1.25 bits per heavy atom. The predicted octanol–water partition coefficient (Wildman–Crippen LogP) is 3.25. The molecule has 0 aliphatic carbocycles. The van der Waals surface area contributed by atoms with Crippen LogP contribution in [-0.2, 0) is 0 Å². The van der Waals surface area contributed by atoms with E-state index in [1.807, 2.05) is 30.0 Å². The van der Waals surface area contributed by atoms with E-state index < -0.39 is 0 Å². The van der Waals surface area contributed by atoms with Crippen LogP contribution in [0, 0.1) is 26.7 Å². The van der Waals surface area contributed by atoms with Gasteiger partial charge in [-0.25, -0.2) is 0 Å². The van der Waals surface area contributed by atoms with Crippen molar-refractivity contribution < 1.29 is 4.79 Å². The normalized spacial score (nSPS) is 17.0. The zero-order chi connectivity index (χ0) is 16.6. The highest BCUT2D eigenvalue weighted by Crippen LogP contribution is 2.26. The van der Waals surface area contributed by atoms with Crippen LogP contribution in [0.5, 0.6) is 0 Å². The van der Waals surface area contributed by atoms with Gasteiger partial charge in [0.1, 0.15) is 0 Å². The summed E-state index contributed by atoms with van der Waals surface area (Å²) in [6, 6.07) is 10.3. The monoisotopic (exact) mass is 347 g/mol. The van der Waals surface area contributed by atoms with E-state index in [1.165, 1.54) is 5.56 Å². The zero-order valence-corrected chi connectivity index (χ0v) is 15.4. The number of carbonyl (C=O) groups excluding carboxylic acids is 1. The molecule has 1 fully saturated rings. The maximum atomic E-state index is 12.9. The van der Waals surface area contributed by atoms with Gasteiger partial charge in [-0.15, -0.1) is 12.4 Å². The summed E-state index contributed by atoms with van der Waals surface area (Å²) in [5.74, 6) is 0.577. The van der Waals surface area contributed by atoms with Crippen molar-refractivity contribution in [1.82, 2.24) is 9.47 Å². The van der Waals surface area contributed by atoms with E-state index in [2.05, 4.69) is 30.5 Å². The van der Waals surface area contributed by atoms with Crippen LogP contribution >= 0.6 is 12.4 Å². The molecule has 130 valence electrons. The lowest BCUT2D eigenvalue weighted by Crippen LogP contribution is -2.30. The summed E-state index contributed by atoms with van der Waals surface area (Å²) in [5.41, 5.74) is 11.0. The number of benzene rings is 1. The molecule has 0 saturated carbocycles. The molecule has 0 spiro atoms. The molecule has 1 aliphatic heterocycles. The number of aromatic nitrogens is 1. The van der Waals surface area contributed by atoms with Crippen LogP contribution in [0.15, 0.2) is 30.3 Å². The summed E-state index contributed by atoms with van der Waals surface area (Å²) in [7, 11) is 0. The second kappa shape index (κ2) is 7.41. The minimum atomic E-state index is 0. The molecule has 1 unspecified atom stereocenters. The molecule has 0 radical (unpaired) electrons. The first-order valence-electron chi connectivity index (χ1n) is 8.27. The van der Waals surface area contributed by atoms with E-state index in [9.17, 15) is 4.79 Å². The third-order valence-electron chi connectivity index (χ3n) is 4.92. The maximum absolute atomic E-state index is 12.9. The fraction of sp³-hybridized carbons (Fsp3) is 0.421. The summed E-state index contributed by atoms with van der Waals surface area (Å²) in [6.07, 6.45) is 1.01. The molecular formula is C19H26ClN3O. The number of hydrogen-bond acceptors (Lipinski definition) is 2. The summed E-state index contributed by atoms with van der Waals surface area (Å²) in [4.78, 5) is 14.8. The van der Waals surface area contributed by atoms with E-state index in [0.29, 0.717) is 12.5 Å². The molecule has 2 N–H and O–H groups in total. The van der Waals surface area contributed by atoms with Crippen LogP contribution < -0.4 is 5.73 Å². The molecule has 1 aromatic carbocycles. The average Bonchev–Trinajstić information content (AvgIpc) is 3.13. The van der Waals surface area contributed by atoms with Crippen LogP contribution in [-0.4, -0.2) is 35.0 Å². The van der Waals surface area contributed by atoms with E-state index >= 15 is 0 Å². The van der Waals surface area contributed by atoms with E-state index in [1.54, 1.807) is 0 Å². The number of nitrogens with zero attached hydrogens (tertiary/aromatic N) is 2.